The van der Waals surface area contributed by atoms with E-state index < -0.39 is 0 Å². The van der Waals surface area contributed by atoms with Crippen LogP contribution in [0.25, 0.3) is 22.4 Å². The Bertz CT molecular complexity index is 986. The second-order valence-electron chi connectivity index (χ2n) is 7.43. The van der Waals surface area contributed by atoms with Gasteiger partial charge in [0.05, 0.1) is 17.3 Å². The molecule has 0 bridgehead atoms. The summed E-state index contributed by atoms with van der Waals surface area (Å²) in [5, 5.41) is 2.94. The molecule has 1 amide bonds. The number of benzene rings is 1. The Morgan fingerprint density at radius 2 is 1.81 bits per heavy atom. The van der Waals surface area contributed by atoms with Gasteiger partial charge in [0.15, 0.2) is 0 Å². The van der Waals surface area contributed by atoms with Crippen LogP contribution in [0.5, 0.6) is 0 Å². The van der Waals surface area contributed by atoms with Gasteiger partial charge in [-0.2, -0.15) is 0 Å². The molecule has 1 fully saturated rings. The van der Waals surface area contributed by atoms with E-state index in [9.17, 15) is 4.79 Å². The molecule has 2 aromatic heterocycles. The van der Waals surface area contributed by atoms with Gasteiger partial charge in [0.25, 0.3) is 5.91 Å². The van der Waals surface area contributed by atoms with Gasteiger partial charge in [-0.3, -0.25) is 14.7 Å². The highest BCUT2D eigenvalue weighted by Gasteiger charge is 2.22. The number of pyridine rings is 1. The standard InChI is InChI=1S/C21H23N5O/c27-21-17-12-22-13-18-19(17)26(11-8-23-21)20(24-18)16-6-4-15(5-7-16)14-25-9-2-1-3-10-25/h4-7,12-13H,1-3,8-11,14H2,(H,23,27). The quantitative estimate of drug-likeness (QED) is 0.779. The van der Waals surface area contributed by atoms with Crippen LogP contribution in [-0.2, 0) is 13.1 Å². The number of hydrogen-bond acceptors (Lipinski definition) is 4. The molecule has 0 atom stereocenters. The van der Waals surface area contributed by atoms with E-state index in [2.05, 4.69) is 44.0 Å². The Morgan fingerprint density at radius 3 is 2.63 bits per heavy atom. The van der Waals surface area contributed by atoms with Gasteiger partial charge in [-0.05, 0) is 31.5 Å². The van der Waals surface area contributed by atoms with Gasteiger partial charge in [-0.1, -0.05) is 30.7 Å². The molecule has 6 heteroatoms. The van der Waals surface area contributed by atoms with Gasteiger partial charge >= 0.3 is 0 Å². The molecule has 4 heterocycles. The van der Waals surface area contributed by atoms with Crippen LogP contribution >= 0.6 is 0 Å². The van der Waals surface area contributed by atoms with E-state index in [-0.39, 0.29) is 5.91 Å². The number of carbonyl (C=O) groups excluding carboxylic acids is 1. The summed E-state index contributed by atoms with van der Waals surface area (Å²) < 4.78 is 2.14. The molecule has 6 nitrogen and oxygen atoms in total. The SMILES string of the molecule is O=C1NCCn2c(-c3ccc(CN4CCCCC4)cc3)nc3cncc1c32. The Balaban J connectivity index is 1.49. The third-order valence-corrected chi connectivity index (χ3v) is 5.58. The fourth-order valence-electron chi connectivity index (χ4n) is 4.20. The zero-order valence-corrected chi connectivity index (χ0v) is 15.3. The normalized spacial score (nSPS) is 17.7. The number of nitrogens with one attached hydrogen (secondary N) is 1. The van der Waals surface area contributed by atoms with Gasteiger partial charge in [0.2, 0.25) is 0 Å². The molecule has 0 aliphatic carbocycles. The maximum atomic E-state index is 12.3. The Hall–Kier alpha value is -2.73. The largest absolute Gasteiger partial charge is 0.350 e. The number of nitrogens with zero attached hydrogens (tertiary/aromatic N) is 4. The lowest BCUT2D eigenvalue weighted by atomic mass is 10.1. The minimum absolute atomic E-state index is 0.0739. The summed E-state index contributed by atoms with van der Waals surface area (Å²) >= 11 is 0. The van der Waals surface area contributed by atoms with Gasteiger partial charge in [-0.15, -0.1) is 0 Å². The summed E-state index contributed by atoms with van der Waals surface area (Å²) in [4.78, 5) is 23.8. The average molecular weight is 361 g/mol. The predicted molar refractivity (Wildman–Crippen MR) is 104 cm³/mol. The van der Waals surface area contributed by atoms with Crippen molar-refractivity contribution >= 4 is 16.9 Å². The van der Waals surface area contributed by atoms with E-state index in [4.69, 9.17) is 4.98 Å². The van der Waals surface area contributed by atoms with Crippen molar-refractivity contribution in [3.63, 3.8) is 0 Å². The molecule has 2 aliphatic rings. The summed E-state index contributed by atoms with van der Waals surface area (Å²) in [6.45, 7) is 4.73. The maximum absolute atomic E-state index is 12.3. The molecule has 0 unspecified atom stereocenters. The summed E-state index contributed by atoms with van der Waals surface area (Å²) in [7, 11) is 0. The number of piperidine rings is 1. The molecule has 0 spiro atoms. The first-order chi connectivity index (χ1) is 13.3. The second kappa shape index (κ2) is 6.78. The summed E-state index contributed by atoms with van der Waals surface area (Å²) in [6, 6.07) is 8.71. The lowest BCUT2D eigenvalue weighted by molar-refractivity contribution is 0.0956. The molecule has 0 radical (unpaired) electrons. The molecular weight excluding hydrogens is 338 g/mol. The van der Waals surface area contributed by atoms with Crippen molar-refractivity contribution in [2.45, 2.75) is 32.4 Å². The topological polar surface area (TPSA) is 63.1 Å². The minimum atomic E-state index is -0.0739. The molecule has 0 saturated carbocycles. The van der Waals surface area contributed by atoms with Crippen LogP contribution < -0.4 is 5.32 Å². The first kappa shape index (κ1) is 16.4. The molecule has 27 heavy (non-hydrogen) atoms. The summed E-state index contributed by atoms with van der Waals surface area (Å²) in [5.41, 5.74) is 4.68. The van der Waals surface area contributed by atoms with Crippen molar-refractivity contribution in [3.05, 3.63) is 47.8 Å². The van der Waals surface area contributed by atoms with Crippen molar-refractivity contribution in [1.29, 1.82) is 0 Å². The zero-order valence-electron chi connectivity index (χ0n) is 15.3. The van der Waals surface area contributed by atoms with Crippen LogP contribution in [0.3, 0.4) is 0 Å². The van der Waals surface area contributed by atoms with Crippen molar-refractivity contribution in [3.8, 4) is 11.4 Å². The smallest absolute Gasteiger partial charge is 0.255 e. The number of rotatable bonds is 3. The maximum Gasteiger partial charge on any atom is 0.255 e. The Labute approximate surface area is 158 Å². The molecule has 2 aliphatic heterocycles. The van der Waals surface area contributed by atoms with Gasteiger partial charge in [-0.25, -0.2) is 4.98 Å². The van der Waals surface area contributed by atoms with Crippen LogP contribution in [0.15, 0.2) is 36.7 Å². The molecule has 5 rings (SSSR count). The molecule has 1 N–H and O–H groups in total. The molecule has 1 aromatic carbocycles. The van der Waals surface area contributed by atoms with E-state index in [1.54, 1.807) is 12.4 Å². The highest BCUT2D eigenvalue weighted by molar-refractivity contribution is 6.05. The minimum Gasteiger partial charge on any atom is -0.350 e. The van der Waals surface area contributed by atoms with Gasteiger partial charge in [0, 0.05) is 31.4 Å². The number of hydrogen-bond donors (Lipinski definition) is 1. The molecule has 3 aromatic rings. The lowest BCUT2D eigenvalue weighted by Gasteiger charge is -2.26. The Morgan fingerprint density at radius 1 is 1.00 bits per heavy atom. The summed E-state index contributed by atoms with van der Waals surface area (Å²) in [6.07, 6.45) is 7.35. The number of carbonyl (C=O) groups is 1. The van der Waals surface area contributed by atoms with Crippen molar-refractivity contribution in [2.75, 3.05) is 19.6 Å². The van der Waals surface area contributed by atoms with Crippen LogP contribution in [0, 0.1) is 0 Å². The summed E-state index contributed by atoms with van der Waals surface area (Å²) in [5.74, 6) is 0.829. The van der Waals surface area contributed by atoms with E-state index >= 15 is 0 Å². The Kier molecular flexibility index (Phi) is 4.13. The van der Waals surface area contributed by atoms with E-state index in [1.165, 1.54) is 37.9 Å². The third-order valence-electron chi connectivity index (χ3n) is 5.58. The van der Waals surface area contributed by atoms with E-state index in [1.807, 2.05) is 0 Å². The first-order valence-electron chi connectivity index (χ1n) is 9.74. The van der Waals surface area contributed by atoms with Gasteiger partial charge in [0.1, 0.15) is 11.3 Å². The van der Waals surface area contributed by atoms with Crippen LogP contribution in [0.2, 0.25) is 0 Å². The third kappa shape index (κ3) is 3.00. The number of amides is 1. The molecule has 138 valence electrons. The van der Waals surface area contributed by atoms with Crippen molar-refractivity contribution in [1.82, 2.24) is 24.8 Å². The predicted octanol–water partition coefficient (Wildman–Crippen LogP) is 2.83. The van der Waals surface area contributed by atoms with E-state index in [0.717, 1.165) is 29.0 Å². The second-order valence-corrected chi connectivity index (χ2v) is 7.43. The van der Waals surface area contributed by atoms with Crippen molar-refractivity contribution < 1.29 is 4.79 Å². The fraction of sp³-hybridized carbons (Fsp3) is 0.381. The molecule has 1 saturated heterocycles. The van der Waals surface area contributed by atoms with Gasteiger partial charge < -0.3 is 9.88 Å². The highest BCUT2D eigenvalue weighted by Crippen LogP contribution is 2.28. The average Bonchev–Trinajstić information content (AvgIpc) is 2.99. The lowest BCUT2D eigenvalue weighted by Crippen LogP contribution is -2.29. The van der Waals surface area contributed by atoms with Crippen LogP contribution in [-0.4, -0.2) is 45.0 Å². The highest BCUT2D eigenvalue weighted by atomic mass is 16.1. The number of likely N-dealkylation sites (tertiary alicyclic amines) is 1. The van der Waals surface area contributed by atoms with Crippen LogP contribution in [0.1, 0.15) is 35.2 Å². The fourth-order valence-corrected chi connectivity index (χ4v) is 4.20. The number of aromatic nitrogens is 3. The van der Waals surface area contributed by atoms with E-state index in [0.29, 0.717) is 18.7 Å². The number of imidazole rings is 1. The molecular formula is C21H23N5O. The first-order valence-corrected chi connectivity index (χ1v) is 9.74. The van der Waals surface area contributed by atoms with Crippen LogP contribution in [0.4, 0.5) is 0 Å². The van der Waals surface area contributed by atoms with Crippen molar-refractivity contribution in [2.24, 2.45) is 0 Å². The zero-order chi connectivity index (χ0) is 18.2. The monoisotopic (exact) mass is 361 g/mol.